The predicted molar refractivity (Wildman–Crippen MR) is 119 cm³/mol. The van der Waals surface area contributed by atoms with E-state index in [1.807, 2.05) is 0 Å². The molecule has 0 unspecified atom stereocenters. The van der Waals surface area contributed by atoms with Crippen LogP contribution in [0.2, 0.25) is 0 Å². The zero-order valence-electron chi connectivity index (χ0n) is 18.4. The molecule has 2 aromatic rings. The smallest absolute Gasteiger partial charge is 0.412 e. The van der Waals surface area contributed by atoms with Crippen molar-refractivity contribution in [1.82, 2.24) is 0 Å². The molecule has 8 nitrogen and oxygen atoms in total. The number of aliphatic hydroxyl groups excluding tert-OH is 1. The van der Waals surface area contributed by atoms with Crippen molar-refractivity contribution in [2.45, 2.75) is 12.2 Å². The summed E-state index contributed by atoms with van der Waals surface area (Å²) in [6.45, 7) is 3.41. The maximum Gasteiger partial charge on any atom is 0.412 e. The van der Waals surface area contributed by atoms with Crippen LogP contribution in [0.5, 0.6) is 5.75 Å². The van der Waals surface area contributed by atoms with Crippen molar-refractivity contribution in [3.8, 4) is 5.75 Å². The average molecular weight is 477 g/mol. The number of halogens is 2. The molecule has 0 aromatic heterocycles. The summed E-state index contributed by atoms with van der Waals surface area (Å²) in [6, 6.07) is 9.03. The molecule has 0 fully saturated rings. The van der Waals surface area contributed by atoms with Crippen LogP contribution in [-0.4, -0.2) is 50.2 Å². The number of hydrogen-bond donors (Lipinski definition) is 2. The number of nitrogens with one attached hydrogen (secondary N) is 1. The van der Waals surface area contributed by atoms with Crippen LogP contribution in [0.25, 0.3) is 0 Å². The van der Waals surface area contributed by atoms with E-state index in [1.165, 1.54) is 19.3 Å². The number of ether oxygens (including phenoxy) is 4. The third-order valence-electron chi connectivity index (χ3n) is 4.31. The molecule has 0 aliphatic rings. The Morgan fingerprint density at radius 2 is 1.91 bits per heavy atom. The van der Waals surface area contributed by atoms with Crippen LogP contribution in [0.1, 0.15) is 11.7 Å². The van der Waals surface area contributed by atoms with Gasteiger partial charge >= 0.3 is 12.1 Å². The second-order valence-electron chi connectivity index (χ2n) is 6.69. The van der Waals surface area contributed by atoms with Crippen molar-refractivity contribution in [2.24, 2.45) is 0 Å². The van der Waals surface area contributed by atoms with Crippen LogP contribution in [0.3, 0.4) is 0 Å². The Morgan fingerprint density at radius 1 is 1.18 bits per heavy atom. The van der Waals surface area contributed by atoms with Crippen molar-refractivity contribution in [3.63, 3.8) is 0 Å². The van der Waals surface area contributed by atoms with Gasteiger partial charge in [-0.1, -0.05) is 24.8 Å². The lowest BCUT2D eigenvalue weighted by atomic mass is 10.0. The van der Waals surface area contributed by atoms with E-state index < -0.39 is 35.9 Å². The maximum atomic E-state index is 13.9. The number of hydrogen-bond acceptors (Lipinski definition) is 7. The van der Waals surface area contributed by atoms with Gasteiger partial charge < -0.3 is 24.1 Å². The van der Waals surface area contributed by atoms with Crippen LogP contribution in [0.4, 0.5) is 19.3 Å². The van der Waals surface area contributed by atoms with Gasteiger partial charge in [0.25, 0.3) is 0 Å². The number of aliphatic hydroxyl groups is 1. The van der Waals surface area contributed by atoms with Crippen molar-refractivity contribution >= 4 is 17.7 Å². The highest BCUT2D eigenvalue weighted by atomic mass is 19.1. The van der Waals surface area contributed by atoms with E-state index in [0.717, 1.165) is 18.2 Å². The number of benzene rings is 2. The van der Waals surface area contributed by atoms with E-state index in [2.05, 4.69) is 11.9 Å². The van der Waals surface area contributed by atoms with Crippen LogP contribution in [0.15, 0.2) is 67.3 Å². The summed E-state index contributed by atoms with van der Waals surface area (Å²) in [6.07, 6.45) is 0.807. The molecule has 0 radical (unpaired) electrons. The minimum Gasteiger partial charge on any atom is -0.491 e. The maximum absolute atomic E-state index is 13.9. The molecule has 2 atom stereocenters. The van der Waals surface area contributed by atoms with E-state index in [4.69, 9.17) is 24.1 Å². The van der Waals surface area contributed by atoms with Gasteiger partial charge in [-0.3, -0.25) is 5.32 Å². The molecular formula is C24H25F2NO7. The summed E-state index contributed by atoms with van der Waals surface area (Å²) in [5.41, 5.74) is 0.178. The molecule has 2 aromatic carbocycles. The van der Waals surface area contributed by atoms with E-state index in [1.54, 1.807) is 24.3 Å². The molecule has 34 heavy (non-hydrogen) atoms. The van der Waals surface area contributed by atoms with E-state index >= 15 is 0 Å². The zero-order valence-corrected chi connectivity index (χ0v) is 18.4. The zero-order chi connectivity index (χ0) is 24.9. The van der Waals surface area contributed by atoms with Crippen LogP contribution in [-0.2, 0) is 19.0 Å². The summed E-state index contributed by atoms with van der Waals surface area (Å²) in [4.78, 5) is 24.3. The molecular weight excluding hydrogens is 452 g/mol. The number of carbonyl (C=O) groups is 2. The fourth-order valence-corrected chi connectivity index (χ4v) is 2.75. The van der Waals surface area contributed by atoms with Gasteiger partial charge in [-0.05, 0) is 35.9 Å². The molecule has 0 heterocycles. The van der Waals surface area contributed by atoms with Crippen LogP contribution < -0.4 is 10.1 Å². The minimum atomic E-state index is -1.08. The second kappa shape index (κ2) is 13.7. The van der Waals surface area contributed by atoms with E-state index in [9.17, 15) is 18.4 Å². The number of methoxy groups -OCH3 is 1. The Bertz CT molecular complexity index is 995. The molecule has 0 aliphatic carbocycles. The fraction of sp³-hybridized carbons (Fsp3) is 0.250. The normalized spacial score (nSPS) is 12.6. The number of esters is 1. The highest BCUT2D eigenvalue weighted by Gasteiger charge is 2.26. The third kappa shape index (κ3) is 8.30. The van der Waals surface area contributed by atoms with Gasteiger partial charge in [-0.15, -0.1) is 0 Å². The lowest BCUT2D eigenvalue weighted by Crippen LogP contribution is -2.27. The first-order chi connectivity index (χ1) is 16.4. The molecule has 1 amide bonds. The first-order valence-electron chi connectivity index (χ1n) is 10.1. The van der Waals surface area contributed by atoms with Gasteiger partial charge in [0.2, 0.25) is 0 Å². The fourth-order valence-electron chi connectivity index (χ4n) is 2.75. The van der Waals surface area contributed by atoms with E-state index in [-0.39, 0.29) is 25.5 Å². The largest absolute Gasteiger partial charge is 0.491 e. The lowest BCUT2D eigenvalue weighted by Gasteiger charge is -2.24. The number of anilines is 1. The Labute approximate surface area is 195 Å². The average Bonchev–Trinajstić information content (AvgIpc) is 2.83. The molecule has 182 valence electrons. The highest BCUT2D eigenvalue weighted by molar-refractivity contribution is 5.85. The monoisotopic (exact) mass is 477 g/mol. The Balaban J connectivity index is 2.25. The summed E-state index contributed by atoms with van der Waals surface area (Å²) < 4.78 is 48.1. The van der Waals surface area contributed by atoms with Crippen molar-refractivity contribution in [3.05, 3.63) is 84.5 Å². The summed E-state index contributed by atoms with van der Waals surface area (Å²) >= 11 is 0. The molecule has 0 spiro atoms. The van der Waals surface area contributed by atoms with Crippen LogP contribution >= 0.6 is 0 Å². The van der Waals surface area contributed by atoms with Crippen molar-refractivity contribution in [1.29, 1.82) is 0 Å². The molecule has 0 aliphatic heterocycles. The Kier molecular flexibility index (Phi) is 10.7. The summed E-state index contributed by atoms with van der Waals surface area (Å²) in [5.74, 6) is -1.98. The molecule has 10 heteroatoms. The van der Waals surface area contributed by atoms with Gasteiger partial charge in [-0.2, -0.15) is 0 Å². The Hall–Kier alpha value is -3.76. The summed E-state index contributed by atoms with van der Waals surface area (Å²) in [7, 11) is 1.34. The first kappa shape index (κ1) is 26.5. The topological polar surface area (TPSA) is 103 Å². The van der Waals surface area contributed by atoms with Gasteiger partial charge in [0.1, 0.15) is 36.7 Å². The lowest BCUT2D eigenvalue weighted by molar-refractivity contribution is -0.136. The predicted octanol–water partition coefficient (Wildman–Crippen LogP) is 3.93. The van der Waals surface area contributed by atoms with Gasteiger partial charge in [0, 0.05) is 19.3 Å². The molecule has 0 saturated carbocycles. The quantitative estimate of drug-likeness (QED) is 0.271. The van der Waals surface area contributed by atoms with Gasteiger partial charge in [0.05, 0.1) is 12.3 Å². The highest BCUT2D eigenvalue weighted by Crippen LogP contribution is 2.27. The summed E-state index contributed by atoms with van der Waals surface area (Å²) in [5, 5.41) is 11.1. The second-order valence-corrected chi connectivity index (χ2v) is 6.69. The standard InChI is InChI=1S/C24H25F2NO7/c1-3-13-33-22(29)11-10-21(31-2)23(16-4-7-18(8-5-16)32-14-12-28)34-24(30)27-20-9-6-17(25)15-19(20)26/h3-11,15,21,23,28H,1,12-14H2,2H3,(H,27,30)/b11-10+/t21-,23-/m0/s1. The van der Waals surface area contributed by atoms with Crippen LogP contribution in [0, 0.1) is 11.6 Å². The van der Waals surface area contributed by atoms with Gasteiger partial charge in [0.15, 0.2) is 6.10 Å². The van der Waals surface area contributed by atoms with Gasteiger partial charge in [-0.25, -0.2) is 18.4 Å². The molecule has 0 bridgehead atoms. The molecule has 2 rings (SSSR count). The Morgan fingerprint density at radius 3 is 2.53 bits per heavy atom. The number of rotatable bonds is 12. The SMILES string of the molecule is C=CCOC(=O)/C=C/[C@H](OC)[C@@H](OC(=O)Nc1ccc(F)cc1F)c1ccc(OCCO)cc1. The number of carbonyl (C=O) groups excluding carboxylic acids is 2. The van der Waals surface area contributed by atoms with Crippen molar-refractivity contribution < 1.29 is 42.4 Å². The molecule has 2 N–H and O–H groups in total. The minimum absolute atomic E-state index is 0.0156. The molecule has 0 saturated heterocycles. The first-order valence-corrected chi connectivity index (χ1v) is 10.1. The van der Waals surface area contributed by atoms with Crippen molar-refractivity contribution in [2.75, 3.05) is 32.2 Å². The number of amides is 1. The third-order valence-corrected chi connectivity index (χ3v) is 4.31. The van der Waals surface area contributed by atoms with E-state index in [0.29, 0.717) is 17.4 Å².